The second kappa shape index (κ2) is 10.4. The van der Waals surface area contributed by atoms with E-state index in [9.17, 15) is 14.7 Å². The maximum atomic E-state index is 13.3. The minimum Gasteiger partial charge on any atom is -0.503 e. The lowest BCUT2D eigenvalue weighted by Gasteiger charge is -2.27. The number of carbonyl (C=O) groups is 2. The fourth-order valence-corrected chi connectivity index (χ4v) is 4.08. The van der Waals surface area contributed by atoms with Crippen molar-refractivity contribution in [3.63, 3.8) is 0 Å². The lowest BCUT2D eigenvalue weighted by Crippen LogP contribution is -2.33. The summed E-state index contributed by atoms with van der Waals surface area (Å²) in [5.74, 6) is -0.360. The number of ether oxygens (including phenoxy) is 1. The normalized spacial score (nSPS) is 15.9. The second-order valence-electron chi connectivity index (χ2n) is 8.81. The Morgan fingerprint density at radius 3 is 2.59 bits per heavy atom. The van der Waals surface area contributed by atoms with Gasteiger partial charge in [0.25, 0.3) is 5.91 Å². The number of hydrogen-bond donors (Lipinski definition) is 1. The largest absolute Gasteiger partial charge is 0.503 e. The molecule has 6 nitrogen and oxygen atoms in total. The van der Waals surface area contributed by atoms with Crippen LogP contribution in [0.15, 0.2) is 88.7 Å². The van der Waals surface area contributed by atoms with E-state index in [4.69, 9.17) is 9.15 Å². The SMILES string of the molecule is CC(C)CCOc1cccc(C2C(C(=O)c3ccco3)=C(O)C(=O)N2CCc2ccccc2)c1. The van der Waals surface area contributed by atoms with Crippen LogP contribution < -0.4 is 4.74 Å². The van der Waals surface area contributed by atoms with Crippen molar-refractivity contribution in [2.24, 2.45) is 5.92 Å². The molecule has 1 amide bonds. The van der Waals surface area contributed by atoms with Gasteiger partial charge in [-0.3, -0.25) is 9.59 Å². The zero-order valence-electron chi connectivity index (χ0n) is 19.4. The van der Waals surface area contributed by atoms with Crippen molar-refractivity contribution in [1.82, 2.24) is 4.90 Å². The Morgan fingerprint density at radius 2 is 1.88 bits per heavy atom. The molecule has 4 rings (SSSR count). The van der Waals surface area contributed by atoms with Gasteiger partial charge in [0.1, 0.15) is 5.75 Å². The second-order valence-corrected chi connectivity index (χ2v) is 8.81. The molecule has 1 aromatic heterocycles. The standard InChI is InChI=1S/C28H29NO5/c1-19(2)14-17-33-22-11-6-10-21(18-22)25-24(26(30)23-12-7-16-34-23)27(31)28(32)29(25)15-13-20-8-4-3-5-9-20/h3-12,16,18-19,25,31H,13-15,17H2,1-2H3. The first-order valence-electron chi connectivity index (χ1n) is 11.5. The summed E-state index contributed by atoms with van der Waals surface area (Å²) in [5.41, 5.74) is 1.78. The molecule has 0 spiro atoms. The number of carbonyl (C=O) groups excluding carboxylic acids is 2. The monoisotopic (exact) mass is 459 g/mol. The zero-order chi connectivity index (χ0) is 24.1. The fourth-order valence-electron chi connectivity index (χ4n) is 4.08. The molecule has 0 saturated carbocycles. The van der Waals surface area contributed by atoms with Crippen LogP contribution in [-0.2, 0) is 11.2 Å². The Labute approximate surface area is 199 Å². The quantitative estimate of drug-likeness (QED) is 0.404. The van der Waals surface area contributed by atoms with Crippen LogP contribution in [0.3, 0.4) is 0 Å². The molecule has 0 bridgehead atoms. The van der Waals surface area contributed by atoms with E-state index in [2.05, 4.69) is 13.8 Å². The number of aliphatic hydroxyl groups excluding tert-OH is 1. The third-order valence-corrected chi connectivity index (χ3v) is 5.92. The molecule has 0 fully saturated rings. The molecule has 2 aromatic carbocycles. The Hall–Kier alpha value is -3.80. The average Bonchev–Trinajstić information content (AvgIpc) is 3.46. The van der Waals surface area contributed by atoms with Crippen LogP contribution in [0.5, 0.6) is 5.75 Å². The minimum atomic E-state index is -0.748. The van der Waals surface area contributed by atoms with Gasteiger partial charge in [0.2, 0.25) is 5.78 Å². The van der Waals surface area contributed by atoms with Gasteiger partial charge in [-0.05, 0) is 54.2 Å². The first-order chi connectivity index (χ1) is 16.5. The lowest BCUT2D eigenvalue weighted by atomic mass is 9.94. The highest BCUT2D eigenvalue weighted by Crippen LogP contribution is 2.40. The van der Waals surface area contributed by atoms with E-state index >= 15 is 0 Å². The van der Waals surface area contributed by atoms with Gasteiger partial charge in [-0.25, -0.2) is 0 Å². The highest BCUT2D eigenvalue weighted by molar-refractivity contribution is 6.15. The third kappa shape index (κ3) is 5.06. The first kappa shape index (κ1) is 23.4. The van der Waals surface area contributed by atoms with Crippen molar-refractivity contribution in [2.75, 3.05) is 13.2 Å². The van der Waals surface area contributed by atoms with Crippen LogP contribution in [-0.4, -0.2) is 34.8 Å². The van der Waals surface area contributed by atoms with Crippen molar-refractivity contribution in [1.29, 1.82) is 0 Å². The van der Waals surface area contributed by atoms with Crippen LogP contribution >= 0.6 is 0 Å². The molecule has 1 unspecified atom stereocenters. The van der Waals surface area contributed by atoms with Gasteiger partial charge in [-0.1, -0.05) is 56.3 Å². The first-order valence-corrected chi connectivity index (χ1v) is 11.5. The molecular formula is C28H29NO5. The molecule has 6 heteroatoms. The molecule has 0 saturated heterocycles. The lowest BCUT2D eigenvalue weighted by molar-refractivity contribution is -0.129. The fraction of sp³-hybridized carbons (Fsp3) is 0.286. The topological polar surface area (TPSA) is 80.0 Å². The number of hydrogen-bond acceptors (Lipinski definition) is 5. The summed E-state index contributed by atoms with van der Waals surface area (Å²) in [6, 6.07) is 19.6. The van der Waals surface area contributed by atoms with E-state index in [-0.39, 0.29) is 11.3 Å². The summed E-state index contributed by atoms with van der Waals surface area (Å²) >= 11 is 0. The zero-order valence-corrected chi connectivity index (χ0v) is 19.4. The van der Waals surface area contributed by atoms with Crippen molar-refractivity contribution >= 4 is 11.7 Å². The predicted molar refractivity (Wildman–Crippen MR) is 129 cm³/mol. The number of ketones is 1. The highest BCUT2D eigenvalue weighted by atomic mass is 16.5. The molecule has 176 valence electrons. The summed E-state index contributed by atoms with van der Waals surface area (Å²) in [5, 5.41) is 10.8. The Kier molecular flexibility index (Phi) is 7.16. The molecule has 0 aliphatic carbocycles. The van der Waals surface area contributed by atoms with Crippen LogP contribution in [0.4, 0.5) is 0 Å². The van der Waals surface area contributed by atoms with Crippen molar-refractivity contribution < 1.29 is 23.8 Å². The third-order valence-electron chi connectivity index (χ3n) is 5.92. The molecule has 0 radical (unpaired) electrons. The summed E-state index contributed by atoms with van der Waals surface area (Å²) < 4.78 is 11.2. The maximum Gasteiger partial charge on any atom is 0.290 e. The number of nitrogens with zero attached hydrogens (tertiary/aromatic N) is 1. The highest BCUT2D eigenvalue weighted by Gasteiger charge is 2.44. The van der Waals surface area contributed by atoms with Crippen LogP contribution in [0.2, 0.25) is 0 Å². The summed E-state index contributed by atoms with van der Waals surface area (Å²) in [6.45, 7) is 5.18. The van der Waals surface area contributed by atoms with E-state index in [0.29, 0.717) is 36.8 Å². The molecule has 34 heavy (non-hydrogen) atoms. The smallest absolute Gasteiger partial charge is 0.290 e. The summed E-state index contributed by atoms with van der Waals surface area (Å²) in [6.07, 6.45) is 2.90. The van der Waals surface area contributed by atoms with Crippen LogP contribution in [0.25, 0.3) is 0 Å². The van der Waals surface area contributed by atoms with Crippen molar-refractivity contribution in [3.8, 4) is 5.75 Å². The van der Waals surface area contributed by atoms with Gasteiger partial charge in [0.15, 0.2) is 11.5 Å². The van der Waals surface area contributed by atoms with Gasteiger partial charge in [0.05, 0.1) is 24.5 Å². The Bertz CT molecular complexity index is 1160. The molecule has 1 aliphatic rings. The van der Waals surface area contributed by atoms with E-state index in [1.807, 2.05) is 54.6 Å². The summed E-state index contributed by atoms with van der Waals surface area (Å²) in [4.78, 5) is 28.0. The number of benzene rings is 2. The number of furan rings is 1. The summed E-state index contributed by atoms with van der Waals surface area (Å²) in [7, 11) is 0. The number of aliphatic hydroxyl groups is 1. The van der Waals surface area contributed by atoms with E-state index < -0.39 is 23.5 Å². The number of Topliss-reactive ketones (excluding diaryl/α,β-unsaturated/α-hetero) is 1. The molecule has 3 aromatic rings. The van der Waals surface area contributed by atoms with Gasteiger partial charge in [-0.2, -0.15) is 0 Å². The minimum absolute atomic E-state index is 0.0207. The molecule has 1 N–H and O–H groups in total. The molecule has 1 aliphatic heterocycles. The van der Waals surface area contributed by atoms with Gasteiger partial charge < -0.3 is 19.2 Å². The molecule has 1 atom stereocenters. The molecule has 2 heterocycles. The van der Waals surface area contributed by atoms with Crippen LogP contribution in [0.1, 0.15) is 48.0 Å². The Morgan fingerprint density at radius 1 is 1.09 bits per heavy atom. The van der Waals surface area contributed by atoms with Crippen LogP contribution in [0, 0.1) is 5.92 Å². The molecular weight excluding hydrogens is 430 g/mol. The van der Waals surface area contributed by atoms with Crippen molar-refractivity contribution in [3.05, 3.63) is 101 Å². The maximum absolute atomic E-state index is 13.3. The van der Waals surface area contributed by atoms with Crippen molar-refractivity contribution in [2.45, 2.75) is 32.7 Å². The van der Waals surface area contributed by atoms with Gasteiger partial charge in [0, 0.05) is 6.54 Å². The number of amides is 1. The van der Waals surface area contributed by atoms with E-state index in [1.54, 1.807) is 11.0 Å². The predicted octanol–water partition coefficient (Wildman–Crippen LogP) is 5.53. The van der Waals surface area contributed by atoms with Gasteiger partial charge >= 0.3 is 0 Å². The van der Waals surface area contributed by atoms with E-state index in [1.165, 1.54) is 12.3 Å². The average molecular weight is 460 g/mol. The number of rotatable bonds is 10. The van der Waals surface area contributed by atoms with Gasteiger partial charge in [-0.15, -0.1) is 0 Å². The van der Waals surface area contributed by atoms with E-state index in [0.717, 1.165) is 12.0 Å². The Balaban J connectivity index is 1.67.